The van der Waals surface area contributed by atoms with Gasteiger partial charge in [-0.1, -0.05) is 5.16 Å². The first kappa shape index (κ1) is 11.7. The monoisotopic (exact) mass is 238 g/mol. The summed E-state index contributed by atoms with van der Waals surface area (Å²) < 4.78 is 15.4. The van der Waals surface area contributed by atoms with Crippen molar-refractivity contribution in [1.29, 1.82) is 0 Å². The number of rotatable bonds is 4. The van der Waals surface area contributed by atoms with Crippen LogP contribution in [0.3, 0.4) is 0 Å². The molecule has 0 bridgehead atoms. The summed E-state index contributed by atoms with van der Waals surface area (Å²) in [5, 5.41) is 3.78. The minimum absolute atomic E-state index is 0.282. The van der Waals surface area contributed by atoms with Crippen LogP contribution in [0, 0.1) is 13.8 Å². The summed E-state index contributed by atoms with van der Waals surface area (Å²) >= 11 is 0. The molecule has 0 aliphatic heterocycles. The van der Waals surface area contributed by atoms with Crippen molar-refractivity contribution < 1.29 is 13.7 Å². The minimum atomic E-state index is -0.415. The van der Waals surface area contributed by atoms with Gasteiger partial charge in [-0.05, 0) is 6.92 Å². The normalized spacial score (nSPS) is 12.9. The predicted molar refractivity (Wildman–Crippen MR) is 58.1 cm³/mol. The molecule has 1 unspecified atom stereocenters. The van der Waals surface area contributed by atoms with Gasteiger partial charge < -0.3 is 19.4 Å². The molecule has 0 aromatic carbocycles. The van der Waals surface area contributed by atoms with Gasteiger partial charge in [0.2, 0.25) is 5.76 Å². The number of oxazole rings is 1. The van der Waals surface area contributed by atoms with E-state index in [0.717, 1.165) is 0 Å². The first-order valence-electron chi connectivity index (χ1n) is 5.14. The molecule has 2 heterocycles. The SMILES string of the molecule is COCC(N)c1noc(-c2oc(C)nc2C)n1. The first-order valence-corrected chi connectivity index (χ1v) is 5.14. The molecule has 0 aliphatic carbocycles. The van der Waals surface area contributed by atoms with E-state index in [4.69, 9.17) is 19.4 Å². The van der Waals surface area contributed by atoms with Crippen LogP contribution in [0.4, 0.5) is 0 Å². The van der Waals surface area contributed by atoms with E-state index in [1.165, 1.54) is 0 Å². The third-order valence-electron chi connectivity index (χ3n) is 2.22. The van der Waals surface area contributed by atoms with Gasteiger partial charge in [-0.3, -0.25) is 0 Å². The van der Waals surface area contributed by atoms with Gasteiger partial charge in [0.25, 0.3) is 5.89 Å². The number of nitrogens with two attached hydrogens (primary N) is 1. The van der Waals surface area contributed by atoms with Crippen molar-refractivity contribution in [3.8, 4) is 11.7 Å². The van der Waals surface area contributed by atoms with Crippen LogP contribution in [-0.4, -0.2) is 28.8 Å². The molecule has 2 N–H and O–H groups in total. The van der Waals surface area contributed by atoms with Gasteiger partial charge in [-0.25, -0.2) is 4.98 Å². The summed E-state index contributed by atoms with van der Waals surface area (Å²) in [7, 11) is 1.56. The maximum Gasteiger partial charge on any atom is 0.295 e. The van der Waals surface area contributed by atoms with E-state index in [9.17, 15) is 0 Å². The second kappa shape index (κ2) is 4.64. The number of hydrogen-bond donors (Lipinski definition) is 1. The summed E-state index contributed by atoms with van der Waals surface area (Å²) in [5.74, 6) is 1.70. The van der Waals surface area contributed by atoms with Gasteiger partial charge in [0.15, 0.2) is 11.7 Å². The lowest BCUT2D eigenvalue weighted by Gasteiger charge is -2.02. The molecule has 17 heavy (non-hydrogen) atoms. The second-order valence-corrected chi connectivity index (χ2v) is 3.67. The van der Waals surface area contributed by atoms with Crippen LogP contribution in [0.1, 0.15) is 23.5 Å². The third kappa shape index (κ3) is 2.34. The summed E-state index contributed by atoms with van der Waals surface area (Å²) in [6.45, 7) is 3.89. The van der Waals surface area contributed by atoms with Gasteiger partial charge in [-0.2, -0.15) is 4.98 Å². The highest BCUT2D eigenvalue weighted by molar-refractivity contribution is 5.47. The molecule has 7 heteroatoms. The van der Waals surface area contributed by atoms with Gasteiger partial charge in [0.1, 0.15) is 0 Å². The quantitative estimate of drug-likeness (QED) is 0.847. The van der Waals surface area contributed by atoms with Crippen LogP contribution in [0.25, 0.3) is 11.7 Å². The standard InChI is InChI=1S/C10H14N4O3/c1-5-8(16-6(2)12-5)10-13-9(14-17-10)7(11)4-15-3/h7H,4,11H2,1-3H3. The first-order chi connectivity index (χ1) is 8.11. The molecular formula is C10H14N4O3. The van der Waals surface area contributed by atoms with Crippen LogP contribution in [0.15, 0.2) is 8.94 Å². The maximum absolute atomic E-state index is 5.78. The van der Waals surface area contributed by atoms with Gasteiger partial charge in [0, 0.05) is 14.0 Å². The molecule has 7 nitrogen and oxygen atoms in total. The average molecular weight is 238 g/mol. The van der Waals surface area contributed by atoms with Crippen molar-refractivity contribution in [2.45, 2.75) is 19.9 Å². The van der Waals surface area contributed by atoms with E-state index >= 15 is 0 Å². The van der Waals surface area contributed by atoms with Crippen LogP contribution in [-0.2, 0) is 4.74 Å². The molecule has 0 saturated carbocycles. The van der Waals surface area contributed by atoms with Gasteiger partial charge in [-0.15, -0.1) is 0 Å². The highest BCUT2D eigenvalue weighted by Gasteiger charge is 2.19. The zero-order valence-electron chi connectivity index (χ0n) is 9.93. The number of ether oxygens (including phenoxy) is 1. The maximum atomic E-state index is 5.78. The number of hydrogen-bond acceptors (Lipinski definition) is 7. The van der Waals surface area contributed by atoms with Crippen molar-refractivity contribution in [2.75, 3.05) is 13.7 Å². The Labute approximate surface area is 98.0 Å². The molecular weight excluding hydrogens is 224 g/mol. The van der Waals surface area contributed by atoms with E-state index in [1.807, 2.05) is 6.92 Å². The summed E-state index contributed by atoms with van der Waals surface area (Å²) in [5.41, 5.74) is 6.49. The van der Waals surface area contributed by atoms with Gasteiger partial charge in [0.05, 0.1) is 18.3 Å². The van der Waals surface area contributed by atoms with E-state index < -0.39 is 6.04 Å². The lowest BCUT2D eigenvalue weighted by Crippen LogP contribution is -2.17. The molecule has 0 radical (unpaired) electrons. The van der Waals surface area contributed by atoms with Crippen LogP contribution in [0.2, 0.25) is 0 Å². The van der Waals surface area contributed by atoms with E-state index in [1.54, 1.807) is 14.0 Å². The Morgan fingerprint density at radius 3 is 2.71 bits per heavy atom. The predicted octanol–water partition coefficient (Wildman–Crippen LogP) is 0.988. The molecule has 0 fully saturated rings. The number of methoxy groups -OCH3 is 1. The zero-order chi connectivity index (χ0) is 12.4. The smallest absolute Gasteiger partial charge is 0.295 e. The Bertz CT molecular complexity index is 505. The molecule has 0 spiro atoms. The average Bonchev–Trinajstić information content (AvgIpc) is 2.85. The molecule has 2 aromatic heterocycles. The fourth-order valence-electron chi connectivity index (χ4n) is 1.46. The Hall–Kier alpha value is -1.73. The second-order valence-electron chi connectivity index (χ2n) is 3.67. The van der Waals surface area contributed by atoms with Crippen LogP contribution < -0.4 is 5.73 Å². The Morgan fingerprint density at radius 2 is 2.12 bits per heavy atom. The third-order valence-corrected chi connectivity index (χ3v) is 2.22. The van der Waals surface area contributed by atoms with E-state index in [0.29, 0.717) is 29.8 Å². The van der Waals surface area contributed by atoms with Crippen LogP contribution in [0.5, 0.6) is 0 Å². The summed E-state index contributed by atoms with van der Waals surface area (Å²) in [6, 6.07) is -0.415. The largest absolute Gasteiger partial charge is 0.436 e. The van der Waals surface area contributed by atoms with Crippen molar-refractivity contribution >= 4 is 0 Å². The van der Waals surface area contributed by atoms with Crippen molar-refractivity contribution in [3.05, 3.63) is 17.4 Å². The van der Waals surface area contributed by atoms with Gasteiger partial charge >= 0.3 is 0 Å². The van der Waals surface area contributed by atoms with E-state index in [-0.39, 0.29) is 5.89 Å². The number of aryl methyl sites for hydroxylation is 2. The molecule has 2 rings (SSSR count). The number of aromatic nitrogens is 3. The van der Waals surface area contributed by atoms with E-state index in [2.05, 4.69) is 15.1 Å². The van der Waals surface area contributed by atoms with Crippen molar-refractivity contribution in [3.63, 3.8) is 0 Å². The lowest BCUT2D eigenvalue weighted by molar-refractivity contribution is 0.177. The number of nitrogens with zero attached hydrogens (tertiary/aromatic N) is 3. The lowest BCUT2D eigenvalue weighted by atomic mass is 10.3. The Morgan fingerprint density at radius 1 is 1.35 bits per heavy atom. The molecule has 2 aromatic rings. The highest BCUT2D eigenvalue weighted by Crippen LogP contribution is 2.23. The Balaban J connectivity index is 2.26. The summed E-state index contributed by atoms with van der Waals surface area (Å²) in [6.07, 6.45) is 0. The fourth-order valence-corrected chi connectivity index (χ4v) is 1.46. The van der Waals surface area contributed by atoms with Crippen molar-refractivity contribution in [2.24, 2.45) is 5.73 Å². The molecule has 92 valence electrons. The topological polar surface area (TPSA) is 100 Å². The zero-order valence-corrected chi connectivity index (χ0v) is 9.93. The fraction of sp³-hybridized carbons (Fsp3) is 0.500. The molecule has 0 saturated heterocycles. The molecule has 1 atom stereocenters. The minimum Gasteiger partial charge on any atom is -0.436 e. The highest BCUT2D eigenvalue weighted by atomic mass is 16.5. The summed E-state index contributed by atoms with van der Waals surface area (Å²) in [4.78, 5) is 8.28. The van der Waals surface area contributed by atoms with Crippen molar-refractivity contribution in [1.82, 2.24) is 15.1 Å². The Kier molecular flexibility index (Phi) is 3.21. The molecule has 0 aliphatic rings. The molecule has 0 amide bonds. The van der Waals surface area contributed by atoms with Crippen LogP contribution >= 0.6 is 0 Å².